The second-order valence-electron chi connectivity index (χ2n) is 5.56. The topological polar surface area (TPSA) is 60.7 Å². The average Bonchev–Trinajstić information content (AvgIpc) is 3.21. The van der Waals surface area contributed by atoms with Crippen LogP contribution in [0, 0.1) is 13.8 Å². The quantitative estimate of drug-likeness (QED) is 0.627. The second-order valence-corrected chi connectivity index (χ2v) is 6.87. The molecule has 1 fully saturated rings. The molecule has 0 amide bonds. The molecule has 3 rings (SSSR count). The molecule has 2 aromatic rings. The van der Waals surface area contributed by atoms with E-state index in [9.17, 15) is 4.79 Å². The Bertz CT molecular complexity index is 678. The molecule has 1 aliphatic carbocycles. The number of hydrogen-bond acceptors (Lipinski definition) is 5. The van der Waals surface area contributed by atoms with Crippen molar-refractivity contribution < 1.29 is 4.79 Å². The highest BCUT2D eigenvalue weighted by Gasteiger charge is 2.29. The molecule has 0 N–H and O–H groups in total. The van der Waals surface area contributed by atoms with Crippen LogP contribution >= 0.6 is 11.8 Å². The third-order valence-electron chi connectivity index (χ3n) is 3.80. The van der Waals surface area contributed by atoms with Crippen molar-refractivity contribution in [1.82, 2.24) is 20.2 Å². The minimum atomic E-state index is -0.199. The van der Waals surface area contributed by atoms with E-state index in [4.69, 9.17) is 0 Å². The number of tetrazole rings is 1. The average molecular weight is 302 g/mol. The molecule has 0 radical (unpaired) electrons. The normalized spacial score (nSPS) is 16.0. The maximum atomic E-state index is 12.5. The maximum absolute atomic E-state index is 12.5. The van der Waals surface area contributed by atoms with E-state index in [0.717, 1.165) is 29.1 Å². The van der Waals surface area contributed by atoms with Gasteiger partial charge in [-0.2, -0.15) is 0 Å². The number of hydrogen-bond donors (Lipinski definition) is 0. The first-order valence-corrected chi connectivity index (χ1v) is 8.00. The highest BCUT2D eigenvalue weighted by atomic mass is 32.2. The molecule has 6 heteroatoms. The Morgan fingerprint density at radius 3 is 2.76 bits per heavy atom. The Kier molecular flexibility index (Phi) is 3.80. The Labute approximate surface area is 128 Å². The van der Waals surface area contributed by atoms with Gasteiger partial charge in [0, 0.05) is 5.56 Å². The van der Waals surface area contributed by atoms with Gasteiger partial charge in [-0.25, -0.2) is 4.68 Å². The highest BCUT2D eigenvalue weighted by molar-refractivity contribution is 8.00. The van der Waals surface area contributed by atoms with Gasteiger partial charge in [-0.05, 0) is 61.2 Å². The van der Waals surface area contributed by atoms with E-state index < -0.39 is 0 Å². The third-order valence-corrected chi connectivity index (χ3v) is 4.85. The fourth-order valence-electron chi connectivity index (χ4n) is 2.15. The predicted molar refractivity (Wildman–Crippen MR) is 81.7 cm³/mol. The summed E-state index contributed by atoms with van der Waals surface area (Å²) in [6, 6.07) is 6.27. The minimum Gasteiger partial charge on any atom is -0.293 e. The lowest BCUT2D eigenvalue weighted by Crippen LogP contribution is -2.15. The highest BCUT2D eigenvalue weighted by Crippen LogP contribution is 2.37. The van der Waals surface area contributed by atoms with Gasteiger partial charge >= 0.3 is 0 Å². The molecular weight excluding hydrogens is 284 g/mol. The molecule has 0 aliphatic heterocycles. The fraction of sp³-hybridized carbons (Fsp3) is 0.467. The van der Waals surface area contributed by atoms with Gasteiger partial charge in [-0.15, -0.1) is 5.10 Å². The Hall–Kier alpha value is -1.69. The Morgan fingerprint density at radius 1 is 1.33 bits per heavy atom. The van der Waals surface area contributed by atoms with Crippen LogP contribution in [0.25, 0.3) is 0 Å². The Balaban J connectivity index is 1.74. The van der Waals surface area contributed by atoms with Crippen molar-refractivity contribution in [3.8, 4) is 0 Å². The number of benzene rings is 1. The molecule has 21 heavy (non-hydrogen) atoms. The van der Waals surface area contributed by atoms with Crippen molar-refractivity contribution in [3.63, 3.8) is 0 Å². The van der Waals surface area contributed by atoms with Gasteiger partial charge in [-0.3, -0.25) is 4.79 Å². The standard InChI is InChI=1S/C15H18N4OS/c1-9-4-5-12(8-10(9)2)14(20)11(3)21-15-16-17-18-19(15)13-6-7-13/h4-5,8,11,13H,6-7H2,1-3H3. The lowest BCUT2D eigenvalue weighted by atomic mass is 10.0. The molecule has 1 aliphatic rings. The lowest BCUT2D eigenvalue weighted by molar-refractivity contribution is 0.0993. The number of rotatable bonds is 5. The molecule has 0 saturated heterocycles. The zero-order valence-corrected chi connectivity index (χ0v) is 13.2. The number of carbonyl (C=O) groups excluding carboxylic acids is 1. The monoisotopic (exact) mass is 302 g/mol. The van der Waals surface area contributed by atoms with Gasteiger partial charge in [-0.1, -0.05) is 23.9 Å². The van der Waals surface area contributed by atoms with E-state index in [1.54, 1.807) is 0 Å². The number of aromatic nitrogens is 4. The van der Waals surface area contributed by atoms with E-state index in [1.807, 2.05) is 43.7 Å². The molecule has 5 nitrogen and oxygen atoms in total. The van der Waals surface area contributed by atoms with Crippen LogP contribution in [0.5, 0.6) is 0 Å². The second kappa shape index (κ2) is 5.60. The van der Waals surface area contributed by atoms with E-state index in [0.29, 0.717) is 6.04 Å². The summed E-state index contributed by atoms with van der Waals surface area (Å²) in [5.41, 5.74) is 3.09. The first-order valence-electron chi connectivity index (χ1n) is 7.12. The Morgan fingerprint density at radius 2 is 2.10 bits per heavy atom. The van der Waals surface area contributed by atoms with Crippen LogP contribution in [-0.2, 0) is 0 Å². The largest absolute Gasteiger partial charge is 0.293 e. The maximum Gasteiger partial charge on any atom is 0.210 e. The molecule has 1 atom stereocenters. The number of aryl methyl sites for hydroxylation is 2. The van der Waals surface area contributed by atoms with Crippen LogP contribution in [0.3, 0.4) is 0 Å². The van der Waals surface area contributed by atoms with E-state index in [2.05, 4.69) is 15.5 Å². The smallest absolute Gasteiger partial charge is 0.210 e. The predicted octanol–water partition coefficient (Wildman–Crippen LogP) is 2.99. The summed E-state index contributed by atoms with van der Waals surface area (Å²) in [6.07, 6.45) is 2.25. The van der Waals surface area contributed by atoms with Crippen molar-refractivity contribution >= 4 is 17.5 Å². The van der Waals surface area contributed by atoms with Crippen molar-refractivity contribution in [3.05, 3.63) is 34.9 Å². The molecule has 0 bridgehead atoms. The van der Waals surface area contributed by atoms with Crippen LogP contribution in [-0.4, -0.2) is 31.2 Å². The molecule has 1 aromatic heterocycles. The van der Waals surface area contributed by atoms with E-state index in [-0.39, 0.29) is 11.0 Å². The summed E-state index contributed by atoms with van der Waals surface area (Å²) in [4.78, 5) is 12.5. The first kappa shape index (κ1) is 14.3. The zero-order chi connectivity index (χ0) is 15.0. The number of carbonyl (C=O) groups is 1. The summed E-state index contributed by atoms with van der Waals surface area (Å²) in [7, 11) is 0. The molecule has 110 valence electrons. The molecule has 1 unspecified atom stereocenters. The van der Waals surface area contributed by atoms with Crippen LogP contribution in [0.15, 0.2) is 23.4 Å². The molecule has 0 spiro atoms. The molecule has 1 heterocycles. The SMILES string of the molecule is Cc1ccc(C(=O)C(C)Sc2nnnn2C2CC2)cc1C. The van der Waals surface area contributed by atoms with Gasteiger partial charge < -0.3 is 0 Å². The van der Waals surface area contributed by atoms with Crippen molar-refractivity contribution in [1.29, 1.82) is 0 Å². The molecular formula is C15H18N4OS. The van der Waals surface area contributed by atoms with Gasteiger partial charge in [0.05, 0.1) is 11.3 Å². The van der Waals surface area contributed by atoms with E-state index >= 15 is 0 Å². The number of thioether (sulfide) groups is 1. The van der Waals surface area contributed by atoms with Gasteiger partial charge in [0.2, 0.25) is 5.16 Å². The zero-order valence-electron chi connectivity index (χ0n) is 12.4. The number of nitrogens with zero attached hydrogens (tertiary/aromatic N) is 4. The van der Waals surface area contributed by atoms with Crippen LogP contribution in [0.4, 0.5) is 0 Å². The third kappa shape index (κ3) is 3.00. The van der Waals surface area contributed by atoms with Crippen molar-refractivity contribution in [2.75, 3.05) is 0 Å². The van der Waals surface area contributed by atoms with E-state index in [1.165, 1.54) is 17.3 Å². The minimum absolute atomic E-state index is 0.119. The molecule has 1 saturated carbocycles. The van der Waals surface area contributed by atoms with Crippen LogP contribution in [0.2, 0.25) is 0 Å². The summed E-state index contributed by atoms with van der Waals surface area (Å²) in [5, 5.41) is 12.3. The number of Topliss-reactive ketones (excluding diaryl/α,β-unsaturated/α-hetero) is 1. The van der Waals surface area contributed by atoms with Gasteiger partial charge in [0.15, 0.2) is 5.78 Å². The van der Waals surface area contributed by atoms with Crippen LogP contribution < -0.4 is 0 Å². The van der Waals surface area contributed by atoms with Gasteiger partial charge in [0.1, 0.15) is 0 Å². The summed E-state index contributed by atoms with van der Waals surface area (Å²) in [5.74, 6) is 0.119. The van der Waals surface area contributed by atoms with Crippen molar-refractivity contribution in [2.45, 2.75) is 50.1 Å². The van der Waals surface area contributed by atoms with Crippen LogP contribution in [0.1, 0.15) is 47.3 Å². The lowest BCUT2D eigenvalue weighted by Gasteiger charge is -2.11. The van der Waals surface area contributed by atoms with Gasteiger partial charge in [0.25, 0.3) is 0 Å². The summed E-state index contributed by atoms with van der Waals surface area (Å²) >= 11 is 1.44. The van der Waals surface area contributed by atoms with Crippen molar-refractivity contribution in [2.24, 2.45) is 0 Å². The molecule has 1 aromatic carbocycles. The summed E-state index contributed by atoms with van der Waals surface area (Å²) in [6.45, 7) is 5.98. The summed E-state index contributed by atoms with van der Waals surface area (Å²) < 4.78 is 1.84. The fourth-order valence-corrected chi connectivity index (χ4v) is 3.09. The number of ketones is 1. The first-order chi connectivity index (χ1) is 10.1.